The molecule has 20 heavy (non-hydrogen) atoms. The molecule has 0 bridgehead atoms. The van der Waals surface area contributed by atoms with Crippen LogP contribution in [0.25, 0.3) is 0 Å². The highest BCUT2D eigenvalue weighted by Gasteiger charge is 2.16. The Labute approximate surface area is 117 Å². The van der Waals surface area contributed by atoms with E-state index in [1.807, 2.05) is 6.07 Å². The van der Waals surface area contributed by atoms with Gasteiger partial charge in [0.05, 0.1) is 26.1 Å². The smallest absolute Gasteiger partial charge is 0.258 e. The van der Waals surface area contributed by atoms with Crippen LogP contribution < -0.4 is 14.4 Å². The van der Waals surface area contributed by atoms with Crippen molar-refractivity contribution in [3.63, 3.8) is 0 Å². The number of ether oxygens (including phenoxy) is 2. The van der Waals surface area contributed by atoms with Gasteiger partial charge in [-0.25, -0.2) is 0 Å². The zero-order valence-electron chi connectivity index (χ0n) is 11.7. The molecule has 0 atom stereocenters. The Bertz CT molecular complexity index is 599. The van der Waals surface area contributed by atoms with E-state index >= 15 is 0 Å². The van der Waals surface area contributed by atoms with E-state index in [1.54, 1.807) is 50.8 Å². The van der Waals surface area contributed by atoms with Crippen molar-refractivity contribution in [2.24, 2.45) is 0 Å². The van der Waals surface area contributed by atoms with E-state index in [9.17, 15) is 4.79 Å². The number of rotatable bonds is 4. The number of methoxy groups -OCH3 is 2. The molecule has 1 aromatic heterocycles. The molecule has 0 spiro atoms. The Hall–Kier alpha value is -2.56. The molecule has 0 saturated heterocycles. The monoisotopic (exact) mass is 272 g/mol. The molecule has 0 saturated carbocycles. The van der Waals surface area contributed by atoms with Crippen LogP contribution in [0.3, 0.4) is 0 Å². The zero-order valence-corrected chi connectivity index (χ0v) is 11.7. The molecular weight excluding hydrogens is 256 g/mol. The SMILES string of the molecule is COc1ccc(C(=O)N(C)c2cccnc2)cc1OC. The van der Waals surface area contributed by atoms with Crippen LogP contribution in [0, 0.1) is 0 Å². The average Bonchev–Trinajstić information content (AvgIpc) is 2.53. The number of amides is 1. The minimum Gasteiger partial charge on any atom is -0.493 e. The van der Waals surface area contributed by atoms with Crippen molar-refractivity contribution in [1.82, 2.24) is 4.98 Å². The summed E-state index contributed by atoms with van der Waals surface area (Å²) in [6.07, 6.45) is 3.30. The van der Waals surface area contributed by atoms with Gasteiger partial charge in [0, 0.05) is 18.8 Å². The summed E-state index contributed by atoms with van der Waals surface area (Å²) in [6, 6.07) is 8.69. The first-order valence-electron chi connectivity index (χ1n) is 6.07. The van der Waals surface area contributed by atoms with Crippen molar-refractivity contribution in [2.45, 2.75) is 0 Å². The van der Waals surface area contributed by atoms with E-state index in [-0.39, 0.29) is 5.91 Å². The van der Waals surface area contributed by atoms with Gasteiger partial charge >= 0.3 is 0 Å². The van der Waals surface area contributed by atoms with E-state index in [0.717, 1.165) is 5.69 Å². The summed E-state index contributed by atoms with van der Waals surface area (Å²) in [5.41, 5.74) is 1.25. The summed E-state index contributed by atoms with van der Waals surface area (Å²) in [5, 5.41) is 0. The maximum atomic E-state index is 12.4. The van der Waals surface area contributed by atoms with Crippen LogP contribution in [0.4, 0.5) is 5.69 Å². The van der Waals surface area contributed by atoms with E-state index in [4.69, 9.17) is 9.47 Å². The van der Waals surface area contributed by atoms with Gasteiger partial charge in [0.15, 0.2) is 11.5 Å². The zero-order chi connectivity index (χ0) is 14.5. The fourth-order valence-corrected chi connectivity index (χ4v) is 1.83. The first-order chi connectivity index (χ1) is 9.67. The number of anilines is 1. The van der Waals surface area contributed by atoms with Gasteiger partial charge in [0.25, 0.3) is 5.91 Å². The Morgan fingerprint density at radius 1 is 1.15 bits per heavy atom. The summed E-state index contributed by atoms with van der Waals surface area (Å²) in [7, 11) is 4.80. The van der Waals surface area contributed by atoms with Crippen LogP contribution in [0.2, 0.25) is 0 Å². The van der Waals surface area contributed by atoms with E-state index in [2.05, 4.69) is 4.98 Å². The number of nitrogens with zero attached hydrogens (tertiary/aromatic N) is 2. The molecule has 1 heterocycles. The fraction of sp³-hybridized carbons (Fsp3) is 0.200. The Kier molecular flexibility index (Phi) is 4.20. The molecule has 5 heteroatoms. The summed E-state index contributed by atoms with van der Waals surface area (Å²) < 4.78 is 10.4. The molecular formula is C15H16N2O3. The average molecular weight is 272 g/mol. The minimum absolute atomic E-state index is 0.140. The van der Waals surface area contributed by atoms with Crippen molar-refractivity contribution in [3.05, 3.63) is 48.3 Å². The number of aromatic nitrogens is 1. The van der Waals surface area contributed by atoms with Crippen molar-refractivity contribution in [2.75, 3.05) is 26.2 Å². The highest BCUT2D eigenvalue weighted by Crippen LogP contribution is 2.28. The quantitative estimate of drug-likeness (QED) is 0.857. The lowest BCUT2D eigenvalue weighted by atomic mass is 10.1. The van der Waals surface area contributed by atoms with Crippen molar-refractivity contribution in [3.8, 4) is 11.5 Å². The van der Waals surface area contributed by atoms with E-state index in [0.29, 0.717) is 17.1 Å². The number of pyridine rings is 1. The van der Waals surface area contributed by atoms with Crippen LogP contribution in [0.5, 0.6) is 11.5 Å². The third kappa shape index (κ3) is 2.71. The van der Waals surface area contributed by atoms with Crippen LogP contribution in [-0.4, -0.2) is 32.2 Å². The number of hydrogen-bond donors (Lipinski definition) is 0. The minimum atomic E-state index is -0.140. The predicted molar refractivity (Wildman–Crippen MR) is 76.5 cm³/mol. The van der Waals surface area contributed by atoms with E-state index in [1.165, 1.54) is 12.0 Å². The first kappa shape index (κ1) is 13.9. The molecule has 0 fully saturated rings. The maximum absolute atomic E-state index is 12.4. The summed E-state index contributed by atoms with van der Waals surface area (Å²) in [4.78, 5) is 18.0. The predicted octanol–water partition coefficient (Wildman–Crippen LogP) is 2.38. The molecule has 0 radical (unpaired) electrons. The summed E-state index contributed by atoms with van der Waals surface area (Å²) in [5.74, 6) is 0.977. The molecule has 5 nitrogen and oxygen atoms in total. The molecule has 0 unspecified atom stereocenters. The molecule has 1 amide bonds. The van der Waals surface area contributed by atoms with Gasteiger partial charge in [-0.1, -0.05) is 0 Å². The first-order valence-corrected chi connectivity index (χ1v) is 6.07. The number of hydrogen-bond acceptors (Lipinski definition) is 4. The second kappa shape index (κ2) is 6.06. The molecule has 104 valence electrons. The van der Waals surface area contributed by atoms with Gasteiger partial charge in [0.1, 0.15) is 0 Å². The normalized spacial score (nSPS) is 9.95. The standard InChI is InChI=1S/C15H16N2O3/c1-17(12-5-4-8-16-10-12)15(18)11-6-7-13(19-2)14(9-11)20-3/h4-10H,1-3H3. The molecule has 0 aliphatic carbocycles. The number of benzene rings is 1. The van der Waals surface area contributed by atoms with Crippen molar-refractivity contribution >= 4 is 11.6 Å². The maximum Gasteiger partial charge on any atom is 0.258 e. The topological polar surface area (TPSA) is 51.7 Å². The van der Waals surface area contributed by atoms with Gasteiger partial charge < -0.3 is 14.4 Å². The van der Waals surface area contributed by atoms with Gasteiger partial charge in [-0.15, -0.1) is 0 Å². The lowest BCUT2D eigenvalue weighted by molar-refractivity contribution is 0.0992. The lowest BCUT2D eigenvalue weighted by Gasteiger charge is -2.17. The Balaban J connectivity index is 2.29. The molecule has 2 rings (SSSR count). The van der Waals surface area contributed by atoms with Gasteiger partial charge in [-0.05, 0) is 30.3 Å². The Morgan fingerprint density at radius 2 is 1.90 bits per heavy atom. The van der Waals surface area contributed by atoms with Crippen LogP contribution in [0.15, 0.2) is 42.7 Å². The second-order valence-electron chi connectivity index (χ2n) is 4.15. The molecule has 0 aliphatic rings. The second-order valence-corrected chi connectivity index (χ2v) is 4.15. The molecule has 1 aromatic carbocycles. The summed E-state index contributed by atoms with van der Waals surface area (Å²) in [6.45, 7) is 0. The Morgan fingerprint density at radius 3 is 2.50 bits per heavy atom. The largest absolute Gasteiger partial charge is 0.493 e. The van der Waals surface area contributed by atoms with Crippen molar-refractivity contribution in [1.29, 1.82) is 0 Å². The number of carbonyl (C=O) groups is 1. The summed E-state index contributed by atoms with van der Waals surface area (Å²) >= 11 is 0. The number of carbonyl (C=O) groups excluding carboxylic acids is 1. The fourth-order valence-electron chi connectivity index (χ4n) is 1.83. The van der Waals surface area contributed by atoms with Crippen LogP contribution in [0.1, 0.15) is 10.4 Å². The van der Waals surface area contributed by atoms with Crippen LogP contribution >= 0.6 is 0 Å². The van der Waals surface area contributed by atoms with E-state index < -0.39 is 0 Å². The lowest BCUT2D eigenvalue weighted by Crippen LogP contribution is -2.26. The highest BCUT2D eigenvalue weighted by atomic mass is 16.5. The highest BCUT2D eigenvalue weighted by molar-refractivity contribution is 6.06. The molecule has 2 aromatic rings. The van der Waals surface area contributed by atoms with Crippen molar-refractivity contribution < 1.29 is 14.3 Å². The molecule has 0 N–H and O–H groups in total. The molecule has 0 aliphatic heterocycles. The third-order valence-corrected chi connectivity index (χ3v) is 2.97. The van der Waals surface area contributed by atoms with Gasteiger partial charge in [0.2, 0.25) is 0 Å². The van der Waals surface area contributed by atoms with Gasteiger partial charge in [-0.3, -0.25) is 9.78 Å². The van der Waals surface area contributed by atoms with Gasteiger partial charge in [-0.2, -0.15) is 0 Å². The van der Waals surface area contributed by atoms with Crippen LogP contribution in [-0.2, 0) is 0 Å². The third-order valence-electron chi connectivity index (χ3n) is 2.97.